The number of benzene rings is 1. The summed E-state index contributed by atoms with van der Waals surface area (Å²) >= 11 is 0. The lowest BCUT2D eigenvalue weighted by Gasteiger charge is -2.18. The van der Waals surface area contributed by atoms with E-state index in [1.165, 1.54) is 5.56 Å². The summed E-state index contributed by atoms with van der Waals surface area (Å²) in [6.45, 7) is 2.13. The van der Waals surface area contributed by atoms with Crippen LogP contribution in [0.5, 0.6) is 0 Å². The second kappa shape index (κ2) is 3.69. The molecule has 1 saturated heterocycles. The van der Waals surface area contributed by atoms with Crippen molar-refractivity contribution < 1.29 is 4.74 Å². The van der Waals surface area contributed by atoms with E-state index in [0.717, 1.165) is 0 Å². The molecule has 0 aromatic heterocycles. The summed E-state index contributed by atoms with van der Waals surface area (Å²) in [7, 11) is 1.98. The van der Waals surface area contributed by atoms with Gasteiger partial charge in [-0.15, -0.1) is 0 Å². The normalized spacial score (nSPS) is 33.5. The highest BCUT2D eigenvalue weighted by Gasteiger charge is 2.35. The van der Waals surface area contributed by atoms with Crippen molar-refractivity contribution in [2.45, 2.75) is 25.4 Å². The lowest BCUT2D eigenvalue weighted by atomic mass is 10.0. The van der Waals surface area contributed by atoms with Gasteiger partial charge in [-0.3, -0.25) is 10.6 Å². The molecule has 2 rings (SSSR count). The van der Waals surface area contributed by atoms with Crippen LogP contribution in [0.1, 0.15) is 18.6 Å². The fourth-order valence-electron chi connectivity index (χ4n) is 1.81. The Morgan fingerprint density at radius 1 is 1.29 bits per heavy atom. The molecular weight excluding hydrogens is 176 g/mol. The number of nitrogens with zero attached hydrogens (tertiary/aromatic N) is 1. The Bertz CT molecular complexity index is 301. The molecule has 1 aromatic rings. The Hall–Kier alpha value is -0.900. The molecule has 0 radical (unpaired) electrons. The molecule has 1 fully saturated rings. The summed E-state index contributed by atoms with van der Waals surface area (Å²) in [6.07, 6.45) is -0.189. The SMILES string of the molecule is C[C@@H]1[C@H](c2ccccc2)OC(N)N1C. The molecule has 3 nitrogen and oxygen atoms in total. The van der Waals surface area contributed by atoms with Crippen LogP contribution in [0.3, 0.4) is 0 Å². The molecule has 1 aromatic carbocycles. The van der Waals surface area contributed by atoms with Gasteiger partial charge in [-0.25, -0.2) is 0 Å². The first-order valence-electron chi connectivity index (χ1n) is 4.88. The Balaban J connectivity index is 2.21. The lowest BCUT2D eigenvalue weighted by molar-refractivity contribution is 0.0121. The standard InChI is InChI=1S/C11H16N2O/c1-8-10(14-11(12)13(8)2)9-6-4-3-5-7-9/h3-8,10-11H,12H2,1-2H3/t8-,10-,11?/m1/s1. The first-order valence-corrected chi connectivity index (χ1v) is 4.88. The number of ether oxygens (including phenoxy) is 1. The van der Waals surface area contributed by atoms with E-state index < -0.39 is 0 Å². The third-order valence-corrected chi connectivity index (χ3v) is 2.90. The smallest absolute Gasteiger partial charge is 0.164 e. The highest BCUT2D eigenvalue weighted by atomic mass is 16.5. The van der Waals surface area contributed by atoms with Gasteiger partial charge in [0.1, 0.15) is 6.10 Å². The van der Waals surface area contributed by atoms with Gasteiger partial charge < -0.3 is 4.74 Å². The Labute approximate surface area is 84.5 Å². The molecule has 1 unspecified atom stereocenters. The highest BCUT2D eigenvalue weighted by molar-refractivity contribution is 5.19. The van der Waals surface area contributed by atoms with Gasteiger partial charge in [0.05, 0.1) is 0 Å². The summed E-state index contributed by atoms with van der Waals surface area (Å²) in [5.41, 5.74) is 6.99. The van der Waals surface area contributed by atoms with Crippen LogP contribution in [-0.4, -0.2) is 24.3 Å². The van der Waals surface area contributed by atoms with E-state index in [1.807, 2.05) is 30.1 Å². The van der Waals surface area contributed by atoms with Gasteiger partial charge in [0.2, 0.25) is 0 Å². The minimum atomic E-state index is -0.282. The lowest BCUT2D eigenvalue weighted by Crippen LogP contribution is -2.37. The van der Waals surface area contributed by atoms with Crippen molar-refractivity contribution in [1.82, 2.24) is 4.90 Å². The first-order chi connectivity index (χ1) is 6.70. The minimum absolute atomic E-state index is 0.0937. The van der Waals surface area contributed by atoms with Crippen LogP contribution in [-0.2, 0) is 4.74 Å². The molecule has 1 aliphatic rings. The van der Waals surface area contributed by atoms with Crippen LogP contribution >= 0.6 is 0 Å². The van der Waals surface area contributed by atoms with Gasteiger partial charge in [-0.1, -0.05) is 30.3 Å². The van der Waals surface area contributed by atoms with Crippen molar-refractivity contribution in [3.8, 4) is 0 Å². The third kappa shape index (κ3) is 1.54. The molecule has 3 atom stereocenters. The van der Waals surface area contributed by atoms with E-state index in [4.69, 9.17) is 10.5 Å². The van der Waals surface area contributed by atoms with E-state index >= 15 is 0 Å². The summed E-state index contributed by atoms with van der Waals surface area (Å²) < 4.78 is 5.68. The zero-order valence-corrected chi connectivity index (χ0v) is 8.55. The molecule has 3 heteroatoms. The maximum Gasteiger partial charge on any atom is 0.164 e. The second-order valence-electron chi connectivity index (χ2n) is 3.76. The molecule has 0 aliphatic carbocycles. The molecule has 2 N–H and O–H groups in total. The maximum absolute atomic E-state index is 5.80. The number of rotatable bonds is 1. The molecule has 1 aliphatic heterocycles. The quantitative estimate of drug-likeness (QED) is 0.729. The Morgan fingerprint density at radius 2 is 1.93 bits per heavy atom. The van der Waals surface area contributed by atoms with Gasteiger partial charge in [0.25, 0.3) is 0 Å². The molecule has 14 heavy (non-hydrogen) atoms. The molecule has 0 spiro atoms. The molecule has 0 amide bonds. The summed E-state index contributed by atoms with van der Waals surface area (Å²) in [5, 5.41) is 0. The van der Waals surface area contributed by atoms with Crippen LogP contribution in [0.4, 0.5) is 0 Å². The van der Waals surface area contributed by atoms with Crippen LogP contribution in [0.15, 0.2) is 30.3 Å². The largest absolute Gasteiger partial charge is 0.340 e. The topological polar surface area (TPSA) is 38.5 Å². The average molecular weight is 192 g/mol. The number of likely N-dealkylation sites (N-methyl/N-ethyl adjacent to an activating group) is 1. The predicted molar refractivity (Wildman–Crippen MR) is 55.5 cm³/mol. The van der Waals surface area contributed by atoms with Crippen molar-refractivity contribution in [1.29, 1.82) is 0 Å². The van der Waals surface area contributed by atoms with E-state index in [1.54, 1.807) is 0 Å². The Kier molecular flexibility index (Phi) is 2.54. The van der Waals surface area contributed by atoms with Crippen LogP contribution in [0, 0.1) is 0 Å². The first kappa shape index (κ1) is 9.65. The fourth-order valence-corrected chi connectivity index (χ4v) is 1.81. The van der Waals surface area contributed by atoms with Gasteiger partial charge in [-0.05, 0) is 19.5 Å². The molecule has 0 saturated carbocycles. The zero-order valence-electron chi connectivity index (χ0n) is 8.55. The summed E-state index contributed by atoms with van der Waals surface area (Å²) in [5.74, 6) is 0. The molecule has 0 bridgehead atoms. The van der Waals surface area contributed by atoms with E-state index in [2.05, 4.69) is 19.1 Å². The van der Waals surface area contributed by atoms with Crippen molar-refractivity contribution >= 4 is 0 Å². The zero-order chi connectivity index (χ0) is 10.1. The highest BCUT2D eigenvalue weighted by Crippen LogP contribution is 2.31. The van der Waals surface area contributed by atoms with Crippen LogP contribution in [0.2, 0.25) is 0 Å². The van der Waals surface area contributed by atoms with Crippen molar-refractivity contribution in [3.63, 3.8) is 0 Å². The summed E-state index contributed by atoms with van der Waals surface area (Å²) in [6, 6.07) is 10.5. The van der Waals surface area contributed by atoms with Crippen molar-refractivity contribution in [2.24, 2.45) is 5.73 Å². The second-order valence-corrected chi connectivity index (χ2v) is 3.76. The molecule has 1 heterocycles. The third-order valence-electron chi connectivity index (χ3n) is 2.90. The van der Waals surface area contributed by atoms with Gasteiger partial charge in [-0.2, -0.15) is 0 Å². The average Bonchev–Trinajstić information content (AvgIpc) is 2.47. The van der Waals surface area contributed by atoms with E-state index in [-0.39, 0.29) is 12.5 Å². The minimum Gasteiger partial charge on any atom is -0.340 e. The maximum atomic E-state index is 5.80. The van der Waals surface area contributed by atoms with Gasteiger partial charge >= 0.3 is 0 Å². The van der Waals surface area contributed by atoms with Crippen molar-refractivity contribution in [3.05, 3.63) is 35.9 Å². The summed E-state index contributed by atoms with van der Waals surface area (Å²) in [4.78, 5) is 2.04. The van der Waals surface area contributed by atoms with E-state index in [0.29, 0.717) is 6.04 Å². The molecule has 76 valence electrons. The van der Waals surface area contributed by atoms with Crippen molar-refractivity contribution in [2.75, 3.05) is 7.05 Å². The number of hydrogen-bond donors (Lipinski definition) is 1. The molecular formula is C11H16N2O. The van der Waals surface area contributed by atoms with E-state index in [9.17, 15) is 0 Å². The van der Waals surface area contributed by atoms with Gasteiger partial charge in [0.15, 0.2) is 6.35 Å². The Morgan fingerprint density at radius 3 is 2.43 bits per heavy atom. The van der Waals surface area contributed by atoms with Crippen LogP contribution < -0.4 is 5.73 Å². The monoisotopic (exact) mass is 192 g/mol. The number of nitrogens with two attached hydrogens (primary N) is 1. The number of hydrogen-bond acceptors (Lipinski definition) is 3. The van der Waals surface area contributed by atoms with Gasteiger partial charge in [0, 0.05) is 6.04 Å². The predicted octanol–water partition coefficient (Wildman–Crippen LogP) is 1.32. The fraction of sp³-hybridized carbons (Fsp3) is 0.455. The van der Waals surface area contributed by atoms with Crippen LogP contribution in [0.25, 0.3) is 0 Å².